The number of H-pyrrole nitrogens is 1. The van der Waals surface area contributed by atoms with Crippen LogP contribution in [0, 0.1) is 0 Å². The van der Waals surface area contributed by atoms with Crippen LogP contribution in [0.1, 0.15) is 15.9 Å². The Morgan fingerprint density at radius 2 is 1.84 bits per heavy atom. The van der Waals surface area contributed by atoms with Crippen molar-refractivity contribution in [3.8, 4) is 5.75 Å². The van der Waals surface area contributed by atoms with E-state index in [1.807, 2.05) is 12.1 Å². The highest BCUT2D eigenvalue weighted by atomic mass is 16.5. The SMILES string of the molecule is COc1ccc(C(=O)c2ccc3nc[nH]c3c2)cc1. The lowest BCUT2D eigenvalue weighted by atomic mass is 10.0. The number of hydrogen-bond acceptors (Lipinski definition) is 3. The number of imidazole rings is 1. The molecule has 19 heavy (non-hydrogen) atoms. The molecular weight excluding hydrogens is 240 g/mol. The van der Waals surface area contributed by atoms with Gasteiger partial charge in [0, 0.05) is 11.1 Å². The van der Waals surface area contributed by atoms with Crippen molar-refractivity contribution in [1.29, 1.82) is 0 Å². The molecule has 0 amide bonds. The Kier molecular flexibility index (Phi) is 2.76. The number of carbonyl (C=O) groups excluding carboxylic acids is 1. The summed E-state index contributed by atoms with van der Waals surface area (Å²) in [5, 5.41) is 0. The number of ketones is 1. The van der Waals surface area contributed by atoms with E-state index in [2.05, 4.69) is 9.97 Å². The van der Waals surface area contributed by atoms with E-state index in [4.69, 9.17) is 4.74 Å². The minimum atomic E-state index is -0.0147. The molecule has 2 aromatic carbocycles. The molecule has 1 N–H and O–H groups in total. The van der Waals surface area contributed by atoms with Crippen molar-refractivity contribution in [3.05, 3.63) is 59.9 Å². The number of carbonyl (C=O) groups is 1. The fraction of sp³-hybridized carbons (Fsp3) is 0.0667. The molecule has 0 saturated carbocycles. The van der Waals surface area contributed by atoms with Crippen LogP contribution in [-0.2, 0) is 0 Å². The molecule has 0 aliphatic rings. The van der Waals surface area contributed by atoms with E-state index >= 15 is 0 Å². The first-order chi connectivity index (χ1) is 9.28. The average Bonchev–Trinajstić information content (AvgIpc) is 2.94. The van der Waals surface area contributed by atoms with Crippen LogP contribution in [0.4, 0.5) is 0 Å². The highest BCUT2D eigenvalue weighted by molar-refractivity contribution is 6.10. The van der Waals surface area contributed by atoms with Crippen LogP contribution < -0.4 is 4.74 Å². The molecule has 1 heterocycles. The maximum atomic E-state index is 12.3. The van der Waals surface area contributed by atoms with E-state index in [1.54, 1.807) is 43.8 Å². The van der Waals surface area contributed by atoms with Crippen LogP contribution in [0.5, 0.6) is 5.75 Å². The molecule has 0 atom stereocenters. The fourth-order valence-electron chi connectivity index (χ4n) is 1.99. The van der Waals surface area contributed by atoms with Crippen molar-refractivity contribution >= 4 is 16.8 Å². The standard InChI is InChI=1S/C15H12N2O2/c1-19-12-5-2-10(3-6-12)15(18)11-4-7-13-14(8-11)17-9-16-13/h2-9H,1H3,(H,16,17). The van der Waals surface area contributed by atoms with Gasteiger partial charge >= 0.3 is 0 Å². The molecule has 94 valence electrons. The second-order valence-electron chi connectivity index (χ2n) is 4.19. The molecule has 4 heteroatoms. The average molecular weight is 252 g/mol. The maximum Gasteiger partial charge on any atom is 0.193 e. The first-order valence-electron chi connectivity index (χ1n) is 5.90. The first-order valence-corrected chi connectivity index (χ1v) is 5.90. The van der Waals surface area contributed by atoms with Gasteiger partial charge < -0.3 is 9.72 Å². The molecule has 3 rings (SSSR count). The monoisotopic (exact) mass is 252 g/mol. The molecule has 1 aromatic heterocycles. The number of benzene rings is 2. The zero-order valence-corrected chi connectivity index (χ0v) is 10.4. The van der Waals surface area contributed by atoms with Crippen molar-refractivity contribution < 1.29 is 9.53 Å². The molecule has 0 bridgehead atoms. The highest BCUT2D eigenvalue weighted by Gasteiger charge is 2.10. The van der Waals surface area contributed by atoms with Crippen LogP contribution >= 0.6 is 0 Å². The van der Waals surface area contributed by atoms with Gasteiger partial charge in [-0.1, -0.05) is 0 Å². The molecule has 0 saturated heterocycles. The van der Waals surface area contributed by atoms with E-state index in [1.165, 1.54) is 0 Å². The molecule has 0 radical (unpaired) electrons. The smallest absolute Gasteiger partial charge is 0.193 e. The summed E-state index contributed by atoms with van der Waals surface area (Å²) in [6.07, 6.45) is 1.62. The third-order valence-electron chi connectivity index (χ3n) is 3.03. The number of nitrogens with one attached hydrogen (secondary N) is 1. The van der Waals surface area contributed by atoms with Gasteiger partial charge in [-0.3, -0.25) is 4.79 Å². The van der Waals surface area contributed by atoms with Gasteiger partial charge in [-0.25, -0.2) is 4.98 Å². The summed E-state index contributed by atoms with van der Waals surface area (Å²) in [6.45, 7) is 0. The van der Waals surface area contributed by atoms with Crippen molar-refractivity contribution in [2.24, 2.45) is 0 Å². The summed E-state index contributed by atoms with van der Waals surface area (Å²) >= 11 is 0. The topological polar surface area (TPSA) is 55.0 Å². The molecule has 0 spiro atoms. The summed E-state index contributed by atoms with van der Waals surface area (Å²) in [7, 11) is 1.60. The van der Waals surface area contributed by atoms with E-state index in [-0.39, 0.29) is 5.78 Å². The van der Waals surface area contributed by atoms with Crippen molar-refractivity contribution in [1.82, 2.24) is 9.97 Å². The molecule has 4 nitrogen and oxygen atoms in total. The lowest BCUT2D eigenvalue weighted by Gasteiger charge is -2.03. The van der Waals surface area contributed by atoms with Gasteiger partial charge in [0.1, 0.15) is 5.75 Å². The van der Waals surface area contributed by atoms with Crippen molar-refractivity contribution in [2.45, 2.75) is 0 Å². The second-order valence-corrected chi connectivity index (χ2v) is 4.19. The fourth-order valence-corrected chi connectivity index (χ4v) is 1.99. The molecule has 0 unspecified atom stereocenters. The molecule has 0 aliphatic heterocycles. The zero-order valence-electron chi connectivity index (χ0n) is 10.4. The second kappa shape index (κ2) is 4.57. The Morgan fingerprint density at radius 3 is 2.58 bits per heavy atom. The summed E-state index contributed by atoms with van der Waals surface area (Å²) in [5.41, 5.74) is 2.99. The number of aromatic amines is 1. The van der Waals surface area contributed by atoms with Gasteiger partial charge in [-0.15, -0.1) is 0 Å². The van der Waals surface area contributed by atoms with Crippen molar-refractivity contribution in [3.63, 3.8) is 0 Å². The summed E-state index contributed by atoms with van der Waals surface area (Å²) in [6, 6.07) is 12.5. The Balaban J connectivity index is 1.97. The van der Waals surface area contributed by atoms with Gasteiger partial charge in [0.2, 0.25) is 0 Å². The van der Waals surface area contributed by atoms with Gasteiger partial charge in [-0.2, -0.15) is 0 Å². The quantitative estimate of drug-likeness (QED) is 0.729. The van der Waals surface area contributed by atoms with Crippen LogP contribution in [0.3, 0.4) is 0 Å². The lowest BCUT2D eigenvalue weighted by Crippen LogP contribution is -2.01. The Hall–Kier alpha value is -2.62. The van der Waals surface area contributed by atoms with Gasteiger partial charge in [-0.05, 0) is 42.5 Å². The van der Waals surface area contributed by atoms with E-state index in [0.717, 1.165) is 16.8 Å². The van der Waals surface area contributed by atoms with Gasteiger partial charge in [0.15, 0.2) is 5.78 Å². The number of nitrogens with zero attached hydrogens (tertiary/aromatic N) is 1. The maximum absolute atomic E-state index is 12.3. The van der Waals surface area contributed by atoms with E-state index in [0.29, 0.717) is 11.1 Å². The van der Waals surface area contributed by atoms with Crippen LogP contribution in [0.25, 0.3) is 11.0 Å². The van der Waals surface area contributed by atoms with Crippen LogP contribution in [0.15, 0.2) is 48.8 Å². The number of aromatic nitrogens is 2. The molecular formula is C15H12N2O2. The number of fused-ring (bicyclic) bond motifs is 1. The summed E-state index contributed by atoms with van der Waals surface area (Å²) in [5.74, 6) is 0.722. The number of rotatable bonds is 3. The highest BCUT2D eigenvalue weighted by Crippen LogP contribution is 2.17. The van der Waals surface area contributed by atoms with Crippen molar-refractivity contribution in [2.75, 3.05) is 7.11 Å². The largest absolute Gasteiger partial charge is 0.497 e. The predicted octanol–water partition coefficient (Wildman–Crippen LogP) is 2.80. The number of methoxy groups -OCH3 is 1. The van der Waals surface area contributed by atoms with Gasteiger partial charge in [0.25, 0.3) is 0 Å². The Bertz CT molecular complexity index is 729. The minimum absolute atomic E-state index is 0.0147. The summed E-state index contributed by atoms with van der Waals surface area (Å²) in [4.78, 5) is 19.5. The predicted molar refractivity (Wildman–Crippen MR) is 72.5 cm³/mol. The van der Waals surface area contributed by atoms with Gasteiger partial charge in [0.05, 0.1) is 24.5 Å². The summed E-state index contributed by atoms with van der Waals surface area (Å²) < 4.78 is 5.08. The Labute approximate surface area is 110 Å². The third kappa shape index (κ3) is 2.08. The van der Waals surface area contributed by atoms with Crippen LogP contribution in [0.2, 0.25) is 0 Å². The normalized spacial score (nSPS) is 10.6. The van der Waals surface area contributed by atoms with E-state index < -0.39 is 0 Å². The first kappa shape index (κ1) is 11.5. The molecule has 0 aliphatic carbocycles. The number of hydrogen-bond donors (Lipinski definition) is 1. The molecule has 3 aromatic rings. The number of ether oxygens (including phenoxy) is 1. The Morgan fingerprint density at radius 1 is 1.11 bits per heavy atom. The zero-order chi connectivity index (χ0) is 13.2. The lowest BCUT2D eigenvalue weighted by molar-refractivity contribution is 0.103. The third-order valence-corrected chi connectivity index (χ3v) is 3.03. The minimum Gasteiger partial charge on any atom is -0.497 e. The molecule has 0 fully saturated rings. The van der Waals surface area contributed by atoms with Crippen LogP contribution in [-0.4, -0.2) is 22.9 Å². The van der Waals surface area contributed by atoms with E-state index in [9.17, 15) is 4.79 Å².